The van der Waals surface area contributed by atoms with Gasteiger partial charge in [-0.3, -0.25) is 14.5 Å². The van der Waals surface area contributed by atoms with Crippen molar-refractivity contribution in [2.75, 3.05) is 19.6 Å². The largest absolute Gasteiger partial charge is 0.468 e. The number of carbonyl (C=O) groups is 1. The van der Waals surface area contributed by atoms with Crippen LogP contribution in [0.3, 0.4) is 0 Å². The monoisotopic (exact) mass is 394 g/mol. The molecular weight excluding hydrogens is 368 g/mol. The van der Waals surface area contributed by atoms with Crippen molar-refractivity contribution in [2.45, 2.75) is 39.2 Å². The van der Waals surface area contributed by atoms with Gasteiger partial charge in [-0.1, -0.05) is 12.5 Å². The third-order valence-electron chi connectivity index (χ3n) is 5.54. The molecule has 3 heterocycles. The van der Waals surface area contributed by atoms with Crippen LogP contribution in [0.1, 0.15) is 52.7 Å². The van der Waals surface area contributed by atoms with E-state index in [1.54, 1.807) is 12.3 Å². The summed E-state index contributed by atoms with van der Waals surface area (Å²) in [4.78, 5) is 27.6. The summed E-state index contributed by atoms with van der Waals surface area (Å²) < 4.78 is 11.4. The molecule has 1 atom stereocenters. The number of carbonyl (C=O) groups excluding carboxylic acids is 1. The molecule has 0 unspecified atom stereocenters. The van der Waals surface area contributed by atoms with Gasteiger partial charge in [0, 0.05) is 12.6 Å². The lowest BCUT2D eigenvalue weighted by molar-refractivity contribution is 0.0888. The smallest absolute Gasteiger partial charge is 0.287 e. The van der Waals surface area contributed by atoms with Gasteiger partial charge in [-0.05, 0) is 69.1 Å². The van der Waals surface area contributed by atoms with E-state index >= 15 is 0 Å². The summed E-state index contributed by atoms with van der Waals surface area (Å²) in [6.07, 6.45) is 5.17. The van der Waals surface area contributed by atoms with Crippen LogP contribution < -0.4 is 10.7 Å². The molecule has 1 saturated heterocycles. The summed E-state index contributed by atoms with van der Waals surface area (Å²) in [5.41, 5.74) is 2.09. The summed E-state index contributed by atoms with van der Waals surface area (Å²) >= 11 is 0. The van der Waals surface area contributed by atoms with Crippen molar-refractivity contribution in [1.82, 2.24) is 10.2 Å². The van der Waals surface area contributed by atoms with E-state index in [0.29, 0.717) is 17.5 Å². The molecule has 1 aromatic carbocycles. The van der Waals surface area contributed by atoms with Crippen LogP contribution in [-0.2, 0) is 0 Å². The van der Waals surface area contributed by atoms with Crippen LogP contribution in [0.2, 0.25) is 0 Å². The first-order valence-corrected chi connectivity index (χ1v) is 10.1. The Kier molecular flexibility index (Phi) is 5.53. The van der Waals surface area contributed by atoms with Crippen molar-refractivity contribution >= 4 is 16.9 Å². The lowest BCUT2D eigenvalue weighted by Gasteiger charge is -2.33. The molecular formula is C23H26N2O4. The molecule has 1 N–H and O–H groups in total. The molecule has 1 fully saturated rings. The average Bonchev–Trinajstić information content (AvgIpc) is 3.24. The maximum Gasteiger partial charge on any atom is 0.287 e. The zero-order valence-corrected chi connectivity index (χ0v) is 16.9. The molecule has 6 heteroatoms. The maximum atomic E-state index is 12.8. The lowest BCUT2D eigenvalue weighted by atomic mass is 10.1. The quantitative estimate of drug-likeness (QED) is 0.709. The number of furan rings is 1. The second kappa shape index (κ2) is 8.25. The number of hydrogen-bond donors (Lipinski definition) is 1. The first-order chi connectivity index (χ1) is 14.0. The number of amides is 1. The number of piperidine rings is 1. The molecule has 6 nitrogen and oxygen atoms in total. The van der Waals surface area contributed by atoms with E-state index in [-0.39, 0.29) is 17.2 Å². The van der Waals surface area contributed by atoms with Gasteiger partial charge in [-0.15, -0.1) is 0 Å². The van der Waals surface area contributed by atoms with Gasteiger partial charge in [0.15, 0.2) is 11.2 Å². The van der Waals surface area contributed by atoms with Crippen molar-refractivity contribution in [1.29, 1.82) is 0 Å². The third kappa shape index (κ3) is 4.12. The molecule has 0 bridgehead atoms. The molecule has 0 radical (unpaired) electrons. The standard InChI is InChI=1S/C23H26N2O4/c1-15-11-16(2)22-17(12-15)19(26)13-21(29-22)23(27)24-14-18(20-7-6-10-28-20)25-8-4-3-5-9-25/h6-7,10-13,18H,3-5,8-9,14H2,1-2H3,(H,24,27)/t18-/m1/s1. The Bertz CT molecular complexity index is 1060. The van der Waals surface area contributed by atoms with E-state index in [0.717, 1.165) is 42.8 Å². The zero-order chi connectivity index (χ0) is 20.4. The Morgan fingerprint density at radius 3 is 2.69 bits per heavy atom. The Morgan fingerprint density at radius 2 is 1.97 bits per heavy atom. The van der Waals surface area contributed by atoms with Crippen LogP contribution in [0, 0.1) is 13.8 Å². The number of nitrogens with one attached hydrogen (secondary N) is 1. The number of likely N-dealkylation sites (tertiary alicyclic amines) is 1. The normalized spacial score (nSPS) is 16.1. The second-order valence-corrected chi connectivity index (χ2v) is 7.77. The van der Waals surface area contributed by atoms with Crippen molar-refractivity contribution in [2.24, 2.45) is 0 Å². The fraction of sp³-hybridized carbons (Fsp3) is 0.391. The van der Waals surface area contributed by atoms with E-state index in [1.165, 1.54) is 12.5 Å². The number of nitrogens with zero attached hydrogens (tertiary/aromatic N) is 1. The van der Waals surface area contributed by atoms with E-state index in [2.05, 4.69) is 10.2 Å². The first kappa shape index (κ1) is 19.5. The SMILES string of the molecule is Cc1cc(C)c2oc(C(=O)NC[C@H](c3ccco3)N3CCCCC3)cc(=O)c2c1. The average molecular weight is 394 g/mol. The van der Waals surface area contributed by atoms with E-state index in [4.69, 9.17) is 8.83 Å². The van der Waals surface area contributed by atoms with E-state index < -0.39 is 5.91 Å². The predicted molar refractivity (Wildman–Crippen MR) is 111 cm³/mol. The molecule has 0 aliphatic carbocycles. The molecule has 1 aliphatic rings. The number of benzene rings is 1. The summed E-state index contributed by atoms with van der Waals surface area (Å²) in [5.74, 6) is 0.474. The molecule has 1 amide bonds. The van der Waals surface area contributed by atoms with Gasteiger partial charge < -0.3 is 14.2 Å². The fourth-order valence-electron chi connectivity index (χ4n) is 4.12. The van der Waals surface area contributed by atoms with Crippen LogP contribution in [0.25, 0.3) is 11.0 Å². The molecule has 0 saturated carbocycles. The highest BCUT2D eigenvalue weighted by Gasteiger charge is 2.25. The van der Waals surface area contributed by atoms with Crippen LogP contribution in [0.15, 0.2) is 50.2 Å². The van der Waals surface area contributed by atoms with Gasteiger partial charge in [-0.25, -0.2) is 0 Å². The Balaban J connectivity index is 1.56. The summed E-state index contributed by atoms with van der Waals surface area (Å²) in [6, 6.07) is 8.77. The van der Waals surface area contributed by atoms with Crippen LogP contribution in [0.5, 0.6) is 0 Å². The molecule has 2 aromatic heterocycles. The summed E-state index contributed by atoms with van der Waals surface area (Å²) in [7, 11) is 0. The maximum absolute atomic E-state index is 12.8. The Labute approximate surface area is 169 Å². The minimum atomic E-state index is -0.391. The highest BCUT2D eigenvalue weighted by Crippen LogP contribution is 2.25. The number of hydrogen-bond acceptors (Lipinski definition) is 5. The van der Waals surface area contributed by atoms with Gasteiger partial charge in [-0.2, -0.15) is 0 Å². The topological polar surface area (TPSA) is 75.7 Å². The molecule has 29 heavy (non-hydrogen) atoms. The van der Waals surface area contributed by atoms with E-state index in [1.807, 2.05) is 32.0 Å². The van der Waals surface area contributed by atoms with Crippen molar-refractivity contribution in [3.8, 4) is 0 Å². The minimum Gasteiger partial charge on any atom is -0.468 e. The van der Waals surface area contributed by atoms with Gasteiger partial charge in [0.2, 0.25) is 0 Å². The van der Waals surface area contributed by atoms with Crippen LogP contribution >= 0.6 is 0 Å². The van der Waals surface area contributed by atoms with E-state index in [9.17, 15) is 9.59 Å². The summed E-state index contributed by atoms with van der Waals surface area (Å²) in [6.45, 7) is 6.15. The Hall–Kier alpha value is -2.86. The van der Waals surface area contributed by atoms with Gasteiger partial charge in [0.25, 0.3) is 5.91 Å². The van der Waals surface area contributed by atoms with Crippen molar-refractivity contribution in [3.05, 3.63) is 69.5 Å². The lowest BCUT2D eigenvalue weighted by Crippen LogP contribution is -2.40. The number of rotatable bonds is 5. The van der Waals surface area contributed by atoms with Crippen LogP contribution in [-0.4, -0.2) is 30.4 Å². The van der Waals surface area contributed by atoms with Crippen LogP contribution in [0.4, 0.5) is 0 Å². The number of aryl methyl sites for hydroxylation is 2. The molecule has 3 aromatic rings. The Morgan fingerprint density at radius 1 is 1.17 bits per heavy atom. The minimum absolute atomic E-state index is 0.0336. The highest BCUT2D eigenvalue weighted by molar-refractivity contribution is 5.93. The zero-order valence-electron chi connectivity index (χ0n) is 16.9. The van der Waals surface area contributed by atoms with Gasteiger partial charge in [0.05, 0.1) is 17.7 Å². The third-order valence-corrected chi connectivity index (χ3v) is 5.54. The molecule has 1 aliphatic heterocycles. The van der Waals surface area contributed by atoms with Gasteiger partial charge in [0.1, 0.15) is 11.3 Å². The van der Waals surface area contributed by atoms with Crippen molar-refractivity contribution < 1.29 is 13.6 Å². The highest BCUT2D eigenvalue weighted by atomic mass is 16.3. The molecule has 152 valence electrons. The fourth-order valence-corrected chi connectivity index (χ4v) is 4.12. The predicted octanol–water partition coefficient (Wildman–Crippen LogP) is 3.96. The van der Waals surface area contributed by atoms with Crippen molar-refractivity contribution in [3.63, 3.8) is 0 Å². The first-order valence-electron chi connectivity index (χ1n) is 10.1. The second-order valence-electron chi connectivity index (χ2n) is 7.77. The molecule has 0 spiro atoms. The summed E-state index contributed by atoms with van der Waals surface area (Å²) in [5, 5.41) is 3.43. The number of fused-ring (bicyclic) bond motifs is 1. The van der Waals surface area contributed by atoms with Gasteiger partial charge >= 0.3 is 0 Å². The molecule has 4 rings (SSSR count).